The Hall–Kier alpha value is -3.08. The van der Waals surface area contributed by atoms with Crippen molar-refractivity contribution in [2.45, 2.75) is 23.5 Å². The number of carbonyl (C=O) groups is 1. The van der Waals surface area contributed by atoms with Crippen LogP contribution in [0.5, 0.6) is 0 Å². The van der Waals surface area contributed by atoms with Crippen LogP contribution in [0.15, 0.2) is 53.9 Å². The van der Waals surface area contributed by atoms with E-state index in [1.165, 1.54) is 16.8 Å². The van der Waals surface area contributed by atoms with Crippen LogP contribution >= 0.6 is 11.8 Å². The molecule has 3 aromatic rings. The molecule has 7 nitrogen and oxygen atoms in total. The number of nitrogens with zero attached hydrogens (tertiary/aromatic N) is 4. The van der Waals surface area contributed by atoms with Gasteiger partial charge in [0.05, 0.1) is 10.8 Å². The van der Waals surface area contributed by atoms with Crippen molar-refractivity contribution in [1.29, 1.82) is 0 Å². The zero-order chi connectivity index (χ0) is 20.3. The molecule has 0 aliphatic carbocycles. The maximum absolute atomic E-state index is 12.8. The molecule has 0 saturated carbocycles. The summed E-state index contributed by atoms with van der Waals surface area (Å²) in [5.74, 6) is 5.88. The van der Waals surface area contributed by atoms with E-state index in [0.717, 1.165) is 23.9 Å². The summed E-state index contributed by atoms with van der Waals surface area (Å²) in [4.78, 5) is 16.3. The third-order valence-electron chi connectivity index (χ3n) is 3.69. The minimum Gasteiger partial charge on any atom is -0.335 e. The van der Waals surface area contributed by atoms with Crippen molar-refractivity contribution in [3.63, 3.8) is 0 Å². The molecule has 0 bridgehead atoms. The summed E-state index contributed by atoms with van der Waals surface area (Å²) in [6.07, 6.45) is -1.30. The van der Waals surface area contributed by atoms with Crippen molar-refractivity contribution < 1.29 is 18.0 Å². The van der Waals surface area contributed by atoms with Gasteiger partial charge in [-0.15, -0.1) is 10.2 Å². The molecule has 28 heavy (non-hydrogen) atoms. The molecule has 146 valence electrons. The number of pyridine rings is 1. The van der Waals surface area contributed by atoms with Crippen LogP contribution in [0.2, 0.25) is 0 Å². The summed E-state index contributed by atoms with van der Waals surface area (Å²) in [5, 5.41) is 10.0. The first-order valence-electron chi connectivity index (χ1n) is 8.01. The molecule has 0 unspecified atom stereocenters. The molecule has 1 atom stereocenters. The first-order chi connectivity index (χ1) is 13.3. The van der Waals surface area contributed by atoms with E-state index in [-0.39, 0.29) is 10.8 Å². The van der Waals surface area contributed by atoms with Crippen LogP contribution < -0.4 is 11.2 Å². The monoisotopic (exact) mass is 408 g/mol. The van der Waals surface area contributed by atoms with Crippen molar-refractivity contribution in [1.82, 2.24) is 19.9 Å². The molecule has 2 heterocycles. The lowest BCUT2D eigenvalue weighted by molar-refractivity contribution is -0.137. The Balaban J connectivity index is 1.69. The van der Waals surface area contributed by atoms with Gasteiger partial charge in [0.15, 0.2) is 5.82 Å². The lowest BCUT2D eigenvalue weighted by Gasteiger charge is -2.13. The summed E-state index contributed by atoms with van der Waals surface area (Å²) in [5.41, 5.74) is -0.128. The zero-order valence-corrected chi connectivity index (χ0v) is 15.3. The van der Waals surface area contributed by atoms with Crippen LogP contribution in [0.1, 0.15) is 12.5 Å². The predicted molar refractivity (Wildman–Crippen MR) is 98.8 cm³/mol. The number of nitrogens with two attached hydrogens (primary N) is 1. The van der Waals surface area contributed by atoms with E-state index in [4.69, 9.17) is 5.84 Å². The third-order valence-corrected chi connectivity index (χ3v) is 4.75. The number of carbonyl (C=O) groups excluding carboxylic acids is 1. The molecule has 11 heteroatoms. The number of halogens is 3. The van der Waals surface area contributed by atoms with Gasteiger partial charge in [0, 0.05) is 23.6 Å². The highest BCUT2D eigenvalue weighted by molar-refractivity contribution is 8.00. The molecule has 3 N–H and O–H groups in total. The van der Waals surface area contributed by atoms with Crippen molar-refractivity contribution in [3.8, 4) is 11.4 Å². The molecule has 3 rings (SSSR count). The van der Waals surface area contributed by atoms with Gasteiger partial charge in [0.2, 0.25) is 11.1 Å². The molecule has 1 aromatic carbocycles. The molecule has 0 aliphatic rings. The summed E-state index contributed by atoms with van der Waals surface area (Å²) < 4.78 is 39.6. The predicted octanol–water partition coefficient (Wildman–Crippen LogP) is 3.19. The van der Waals surface area contributed by atoms with Crippen molar-refractivity contribution in [2.75, 3.05) is 11.2 Å². The van der Waals surface area contributed by atoms with Gasteiger partial charge in [-0.1, -0.05) is 17.8 Å². The van der Waals surface area contributed by atoms with Crippen molar-refractivity contribution >= 4 is 23.4 Å². The summed E-state index contributed by atoms with van der Waals surface area (Å²) in [7, 11) is 0. The molecule has 0 saturated heterocycles. The number of alkyl halides is 3. The number of amides is 1. The van der Waals surface area contributed by atoms with E-state index in [2.05, 4.69) is 20.5 Å². The van der Waals surface area contributed by atoms with Crippen LogP contribution in [0, 0.1) is 0 Å². The van der Waals surface area contributed by atoms with Gasteiger partial charge in [0.1, 0.15) is 0 Å². The Kier molecular flexibility index (Phi) is 5.54. The summed E-state index contributed by atoms with van der Waals surface area (Å²) >= 11 is 1.03. The molecule has 0 spiro atoms. The number of hydrogen-bond acceptors (Lipinski definition) is 6. The Morgan fingerprint density at radius 3 is 2.71 bits per heavy atom. The van der Waals surface area contributed by atoms with Crippen molar-refractivity contribution in [2.24, 2.45) is 0 Å². The van der Waals surface area contributed by atoms with Gasteiger partial charge in [-0.05, 0) is 37.3 Å². The topological polar surface area (TPSA) is 98.7 Å². The number of hydrogen-bond donors (Lipinski definition) is 2. The fourth-order valence-electron chi connectivity index (χ4n) is 2.28. The second kappa shape index (κ2) is 7.89. The van der Waals surface area contributed by atoms with Crippen LogP contribution in [-0.4, -0.2) is 31.0 Å². The minimum atomic E-state index is -4.49. The fourth-order valence-corrected chi connectivity index (χ4v) is 3.05. The maximum atomic E-state index is 12.8. The lowest BCUT2D eigenvalue weighted by atomic mass is 10.2. The highest BCUT2D eigenvalue weighted by atomic mass is 32.2. The van der Waals surface area contributed by atoms with E-state index >= 15 is 0 Å². The van der Waals surface area contributed by atoms with Crippen molar-refractivity contribution in [3.05, 3.63) is 54.4 Å². The maximum Gasteiger partial charge on any atom is 0.416 e. The molecule has 0 fully saturated rings. The average molecular weight is 408 g/mol. The SMILES string of the molecule is C[C@H](Sc1nnc(-c2cccnc2)n1N)C(=O)Nc1cccc(C(F)(F)F)c1. The van der Waals surface area contributed by atoms with E-state index in [1.807, 2.05) is 0 Å². The molecule has 2 aromatic heterocycles. The second-order valence-corrected chi connectivity index (χ2v) is 7.05. The number of aromatic nitrogens is 4. The number of nitrogen functional groups attached to an aromatic ring is 1. The Morgan fingerprint density at radius 2 is 2.04 bits per heavy atom. The molecule has 0 radical (unpaired) electrons. The van der Waals surface area contributed by atoms with E-state index in [0.29, 0.717) is 11.4 Å². The van der Waals surface area contributed by atoms with Gasteiger partial charge in [-0.3, -0.25) is 9.78 Å². The largest absolute Gasteiger partial charge is 0.416 e. The first-order valence-corrected chi connectivity index (χ1v) is 8.89. The van der Waals surface area contributed by atoms with E-state index in [1.54, 1.807) is 31.5 Å². The van der Waals surface area contributed by atoms with Crippen LogP contribution in [0.3, 0.4) is 0 Å². The summed E-state index contributed by atoms with van der Waals surface area (Å²) in [6.45, 7) is 1.59. The number of benzene rings is 1. The van der Waals surface area contributed by atoms with Crippen LogP contribution in [0.4, 0.5) is 18.9 Å². The highest BCUT2D eigenvalue weighted by Gasteiger charge is 2.30. The van der Waals surface area contributed by atoms with Gasteiger partial charge >= 0.3 is 6.18 Å². The quantitative estimate of drug-likeness (QED) is 0.497. The third kappa shape index (κ3) is 4.42. The molecule has 0 aliphatic heterocycles. The smallest absolute Gasteiger partial charge is 0.335 e. The van der Waals surface area contributed by atoms with Gasteiger partial charge < -0.3 is 11.2 Å². The van der Waals surface area contributed by atoms with E-state index < -0.39 is 22.9 Å². The first kappa shape index (κ1) is 19.7. The number of nitrogens with one attached hydrogen (secondary N) is 1. The number of thioether (sulfide) groups is 1. The normalized spacial score (nSPS) is 12.6. The van der Waals surface area contributed by atoms with Gasteiger partial charge in [-0.2, -0.15) is 13.2 Å². The Bertz CT molecular complexity index is 977. The average Bonchev–Trinajstić information content (AvgIpc) is 3.02. The molecule has 1 amide bonds. The fraction of sp³-hybridized carbons (Fsp3) is 0.176. The zero-order valence-electron chi connectivity index (χ0n) is 14.5. The molecular formula is C17H15F3N6OS. The van der Waals surface area contributed by atoms with Crippen LogP contribution in [0.25, 0.3) is 11.4 Å². The minimum absolute atomic E-state index is 0.0533. The number of rotatable bonds is 5. The van der Waals surface area contributed by atoms with E-state index in [9.17, 15) is 18.0 Å². The van der Waals surface area contributed by atoms with Gasteiger partial charge in [-0.25, -0.2) is 4.68 Å². The standard InChI is InChI=1S/C17H15F3N6OS/c1-10(15(27)23-13-6-2-5-12(8-13)17(18,19)20)28-16-25-24-14(26(16)21)11-4-3-7-22-9-11/h2-10H,21H2,1H3,(H,23,27)/t10-/m0/s1. The lowest BCUT2D eigenvalue weighted by Crippen LogP contribution is -2.24. The second-order valence-electron chi connectivity index (χ2n) is 5.75. The Labute approximate surface area is 162 Å². The number of anilines is 1. The van der Waals surface area contributed by atoms with Gasteiger partial charge in [0.25, 0.3) is 0 Å². The molecular weight excluding hydrogens is 393 g/mol. The summed E-state index contributed by atoms with van der Waals surface area (Å²) in [6, 6.07) is 7.91. The highest BCUT2D eigenvalue weighted by Crippen LogP contribution is 2.31. The van der Waals surface area contributed by atoms with Crippen LogP contribution in [-0.2, 0) is 11.0 Å². The Morgan fingerprint density at radius 1 is 1.25 bits per heavy atom.